The lowest BCUT2D eigenvalue weighted by Gasteiger charge is -2.10. The van der Waals surface area contributed by atoms with E-state index in [-0.39, 0.29) is 0 Å². The number of carbonyl (C=O) groups is 1. The maximum atomic E-state index is 11.3. The zero-order chi connectivity index (χ0) is 14.3. The fourth-order valence-corrected chi connectivity index (χ4v) is 2.65. The van der Waals surface area contributed by atoms with E-state index in [1.54, 1.807) is 0 Å². The molecule has 1 aromatic carbocycles. The van der Waals surface area contributed by atoms with E-state index >= 15 is 0 Å². The van der Waals surface area contributed by atoms with Crippen LogP contribution < -0.4 is 0 Å². The molecular formula is C17H26O2. The molecule has 0 heterocycles. The molecule has 0 radical (unpaired) electrons. The van der Waals surface area contributed by atoms with E-state index in [0.29, 0.717) is 5.56 Å². The van der Waals surface area contributed by atoms with Crippen LogP contribution in [0.3, 0.4) is 0 Å². The number of aryl methyl sites for hydroxylation is 3. The molecule has 0 aliphatic rings. The number of aromatic carboxylic acids is 1. The molecule has 0 bridgehead atoms. The molecule has 0 aromatic heterocycles. The summed E-state index contributed by atoms with van der Waals surface area (Å²) in [6, 6.07) is 3.98. The van der Waals surface area contributed by atoms with Crippen LogP contribution in [0.2, 0.25) is 0 Å². The summed E-state index contributed by atoms with van der Waals surface area (Å²) in [5.41, 5.74) is 3.55. The molecule has 0 amide bonds. The summed E-state index contributed by atoms with van der Waals surface area (Å²) in [5.74, 6) is -0.793. The molecule has 0 atom stereocenters. The predicted octanol–water partition coefficient (Wildman–Crippen LogP) is 4.90. The zero-order valence-corrected chi connectivity index (χ0v) is 12.5. The van der Waals surface area contributed by atoms with Crippen molar-refractivity contribution >= 4 is 5.97 Å². The van der Waals surface area contributed by atoms with Crippen molar-refractivity contribution < 1.29 is 9.90 Å². The molecule has 0 aliphatic heterocycles. The Morgan fingerprint density at radius 1 is 1.05 bits per heavy atom. The Bertz CT molecular complexity index is 422. The molecule has 19 heavy (non-hydrogen) atoms. The zero-order valence-electron chi connectivity index (χ0n) is 12.5. The summed E-state index contributed by atoms with van der Waals surface area (Å²) in [4.78, 5) is 11.3. The van der Waals surface area contributed by atoms with E-state index < -0.39 is 5.97 Å². The van der Waals surface area contributed by atoms with Gasteiger partial charge in [0.1, 0.15) is 0 Å². The highest BCUT2D eigenvalue weighted by molar-refractivity contribution is 5.91. The van der Waals surface area contributed by atoms with Crippen molar-refractivity contribution in [2.24, 2.45) is 0 Å². The minimum atomic E-state index is -0.793. The Kier molecular flexibility index (Phi) is 6.61. The summed E-state index contributed by atoms with van der Waals surface area (Å²) in [6.45, 7) is 6.14. The Labute approximate surface area is 116 Å². The van der Waals surface area contributed by atoms with E-state index in [2.05, 4.69) is 6.92 Å². The highest BCUT2D eigenvalue weighted by Gasteiger charge is 2.13. The van der Waals surface area contributed by atoms with Crippen molar-refractivity contribution in [3.8, 4) is 0 Å². The minimum absolute atomic E-state index is 0.513. The average Bonchev–Trinajstić information content (AvgIpc) is 2.32. The topological polar surface area (TPSA) is 37.3 Å². The molecular weight excluding hydrogens is 236 g/mol. The number of hydrogen-bond acceptors (Lipinski definition) is 1. The second-order valence-electron chi connectivity index (χ2n) is 5.44. The quantitative estimate of drug-likeness (QED) is 0.676. The number of unbranched alkanes of at least 4 members (excludes halogenated alkanes) is 5. The third kappa shape index (κ3) is 5.06. The molecule has 2 nitrogen and oxygen atoms in total. The van der Waals surface area contributed by atoms with Crippen molar-refractivity contribution in [1.29, 1.82) is 0 Å². The largest absolute Gasteiger partial charge is 0.478 e. The summed E-state index contributed by atoms with van der Waals surface area (Å²) < 4.78 is 0. The number of rotatable bonds is 8. The second-order valence-corrected chi connectivity index (χ2v) is 5.44. The molecule has 0 spiro atoms. The van der Waals surface area contributed by atoms with Crippen LogP contribution in [-0.4, -0.2) is 11.1 Å². The van der Waals surface area contributed by atoms with Gasteiger partial charge in [0.2, 0.25) is 0 Å². The number of carboxylic acids is 1. The Balaban J connectivity index is 2.59. The summed E-state index contributed by atoms with van der Waals surface area (Å²) >= 11 is 0. The van der Waals surface area contributed by atoms with Gasteiger partial charge in [0.25, 0.3) is 0 Å². The molecule has 2 heteroatoms. The van der Waals surface area contributed by atoms with Gasteiger partial charge in [-0.15, -0.1) is 0 Å². The number of hydrogen-bond donors (Lipinski definition) is 1. The normalized spacial score (nSPS) is 10.7. The molecule has 0 saturated carbocycles. The van der Waals surface area contributed by atoms with E-state index in [4.69, 9.17) is 0 Å². The first-order chi connectivity index (χ1) is 9.06. The van der Waals surface area contributed by atoms with E-state index in [9.17, 15) is 9.90 Å². The van der Waals surface area contributed by atoms with Crippen LogP contribution in [0.4, 0.5) is 0 Å². The standard InChI is InChI=1S/C17H26O2/c1-4-5-6-7-8-9-10-15-12-13(2)11-14(3)16(15)17(18)19/h11-12H,4-10H2,1-3H3,(H,18,19). The van der Waals surface area contributed by atoms with Gasteiger partial charge in [0.15, 0.2) is 0 Å². The fraction of sp³-hybridized carbons (Fsp3) is 0.588. The van der Waals surface area contributed by atoms with Gasteiger partial charge in [-0.1, -0.05) is 56.7 Å². The molecule has 106 valence electrons. The van der Waals surface area contributed by atoms with Crippen LogP contribution in [0.1, 0.15) is 72.5 Å². The summed E-state index contributed by atoms with van der Waals surface area (Å²) in [6.07, 6.45) is 8.32. The highest BCUT2D eigenvalue weighted by Crippen LogP contribution is 2.20. The van der Waals surface area contributed by atoms with Crippen molar-refractivity contribution in [1.82, 2.24) is 0 Å². The monoisotopic (exact) mass is 262 g/mol. The van der Waals surface area contributed by atoms with Crippen LogP contribution in [-0.2, 0) is 6.42 Å². The van der Waals surface area contributed by atoms with Crippen LogP contribution >= 0.6 is 0 Å². The molecule has 1 rings (SSSR count). The van der Waals surface area contributed by atoms with Gasteiger partial charge < -0.3 is 5.11 Å². The molecule has 0 fully saturated rings. The van der Waals surface area contributed by atoms with E-state index in [1.807, 2.05) is 26.0 Å². The van der Waals surface area contributed by atoms with E-state index in [0.717, 1.165) is 29.5 Å². The SMILES string of the molecule is CCCCCCCCc1cc(C)cc(C)c1C(=O)O. The van der Waals surface area contributed by atoms with Crippen molar-refractivity contribution in [2.45, 2.75) is 65.7 Å². The minimum Gasteiger partial charge on any atom is -0.478 e. The maximum Gasteiger partial charge on any atom is 0.336 e. The lowest BCUT2D eigenvalue weighted by atomic mass is 9.95. The lowest BCUT2D eigenvalue weighted by molar-refractivity contribution is 0.0695. The maximum absolute atomic E-state index is 11.3. The summed E-state index contributed by atoms with van der Waals surface area (Å²) in [7, 11) is 0. The first kappa shape index (κ1) is 15.7. The van der Waals surface area contributed by atoms with Gasteiger partial charge in [-0.3, -0.25) is 0 Å². The van der Waals surface area contributed by atoms with Crippen LogP contribution in [0, 0.1) is 13.8 Å². The lowest BCUT2D eigenvalue weighted by Crippen LogP contribution is -2.06. The van der Waals surface area contributed by atoms with Gasteiger partial charge in [-0.05, 0) is 37.8 Å². The number of carboxylic acid groups (broad SMARTS) is 1. The van der Waals surface area contributed by atoms with Gasteiger partial charge >= 0.3 is 5.97 Å². The Morgan fingerprint density at radius 2 is 1.68 bits per heavy atom. The molecule has 0 unspecified atom stereocenters. The second kappa shape index (κ2) is 7.98. The van der Waals surface area contributed by atoms with Crippen LogP contribution in [0.5, 0.6) is 0 Å². The molecule has 0 aliphatic carbocycles. The van der Waals surface area contributed by atoms with Crippen molar-refractivity contribution in [2.75, 3.05) is 0 Å². The first-order valence-corrected chi connectivity index (χ1v) is 7.39. The Hall–Kier alpha value is -1.31. The average molecular weight is 262 g/mol. The number of benzene rings is 1. The van der Waals surface area contributed by atoms with E-state index in [1.165, 1.54) is 32.1 Å². The predicted molar refractivity (Wildman–Crippen MR) is 80.0 cm³/mol. The van der Waals surface area contributed by atoms with Gasteiger partial charge in [0.05, 0.1) is 5.56 Å². The fourth-order valence-electron chi connectivity index (χ4n) is 2.65. The van der Waals surface area contributed by atoms with Crippen LogP contribution in [0.15, 0.2) is 12.1 Å². The Morgan fingerprint density at radius 3 is 2.32 bits per heavy atom. The molecule has 1 N–H and O–H groups in total. The summed E-state index contributed by atoms with van der Waals surface area (Å²) in [5, 5.41) is 9.31. The third-order valence-corrected chi connectivity index (χ3v) is 3.58. The third-order valence-electron chi connectivity index (χ3n) is 3.58. The van der Waals surface area contributed by atoms with Gasteiger partial charge in [-0.25, -0.2) is 4.79 Å². The molecule has 1 aromatic rings. The smallest absolute Gasteiger partial charge is 0.336 e. The van der Waals surface area contributed by atoms with Crippen molar-refractivity contribution in [3.63, 3.8) is 0 Å². The molecule has 0 saturated heterocycles. The van der Waals surface area contributed by atoms with Crippen LogP contribution in [0.25, 0.3) is 0 Å². The first-order valence-electron chi connectivity index (χ1n) is 7.39. The van der Waals surface area contributed by atoms with Crippen molar-refractivity contribution in [3.05, 3.63) is 34.4 Å². The van der Waals surface area contributed by atoms with Gasteiger partial charge in [0, 0.05) is 0 Å². The highest BCUT2D eigenvalue weighted by atomic mass is 16.4. The van der Waals surface area contributed by atoms with Gasteiger partial charge in [-0.2, -0.15) is 0 Å².